The molecule has 0 aromatic heterocycles. The molecular formula is C16H18Cl2NO2-. The van der Waals surface area contributed by atoms with Crippen LogP contribution in [0.2, 0.25) is 5.02 Å². The predicted octanol–water partition coefficient (Wildman–Crippen LogP) is 0.651. The van der Waals surface area contributed by atoms with Crippen molar-refractivity contribution in [2.45, 2.75) is 13.2 Å². The van der Waals surface area contributed by atoms with Gasteiger partial charge in [-0.15, -0.1) is 0 Å². The molecule has 3 nitrogen and oxygen atoms in total. The molecule has 5 heteroatoms. The van der Waals surface area contributed by atoms with E-state index in [-0.39, 0.29) is 12.4 Å². The van der Waals surface area contributed by atoms with Gasteiger partial charge in [-0.25, -0.2) is 0 Å². The summed E-state index contributed by atoms with van der Waals surface area (Å²) < 4.78 is 11.2. The van der Waals surface area contributed by atoms with Crippen LogP contribution in [0.25, 0.3) is 0 Å². The molecule has 2 aromatic carbocycles. The molecule has 0 saturated carbocycles. The van der Waals surface area contributed by atoms with Gasteiger partial charge in [-0.3, -0.25) is 0 Å². The molecule has 2 rings (SSSR count). The second kappa shape index (κ2) is 8.78. The summed E-state index contributed by atoms with van der Waals surface area (Å²) in [5.74, 6) is 1.44. The van der Waals surface area contributed by atoms with E-state index < -0.39 is 0 Å². The number of rotatable bonds is 6. The first kappa shape index (κ1) is 17.6. The molecule has 0 unspecified atom stereocenters. The summed E-state index contributed by atoms with van der Waals surface area (Å²) >= 11 is 6.11. The highest BCUT2D eigenvalue weighted by Gasteiger charge is 2.07. The molecule has 0 aliphatic carbocycles. The average Bonchev–Trinajstić information content (AvgIpc) is 2.47. The van der Waals surface area contributed by atoms with E-state index in [0.717, 1.165) is 23.4 Å². The zero-order valence-corrected chi connectivity index (χ0v) is 13.5. The molecule has 0 bridgehead atoms. The summed E-state index contributed by atoms with van der Waals surface area (Å²) in [7, 11) is 3.55. The Morgan fingerprint density at radius 1 is 1.10 bits per heavy atom. The maximum atomic E-state index is 6.11. The molecule has 0 spiro atoms. The van der Waals surface area contributed by atoms with E-state index >= 15 is 0 Å². The van der Waals surface area contributed by atoms with Gasteiger partial charge < -0.3 is 27.2 Å². The highest BCUT2D eigenvalue weighted by molar-refractivity contribution is 6.31. The van der Waals surface area contributed by atoms with Crippen LogP contribution in [0.15, 0.2) is 42.5 Å². The van der Waals surface area contributed by atoms with E-state index in [9.17, 15) is 0 Å². The molecule has 0 radical (unpaired) electrons. The number of halogens is 2. The maximum absolute atomic E-state index is 6.11. The van der Waals surface area contributed by atoms with Gasteiger partial charge in [0.15, 0.2) is 11.5 Å². The van der Waals surface area contributed by atoms with Gasteiger partial charge in [0.05, 0.1) is 7.11 Å². The minimum atomic E-state index is 0. The van der Waals surface area contributed by atoms with Crippen LogP contribution >= 0.6 is 11.6 Å². The molecule has 1 N–H and O–H groups in total. The molecule has 0 atom stereocenters. The molecule has 21 heavy (non-hydrogen) atoms. The molecule has 0 aliphatic rings. The largest absolute Gasteiger partial charge is 1.00 e. The molecule has 114 valence electrons. The van der Waals surface area contributed by atoms with E-state index in [1.807, 2.05) is 49.5 Å². The Labute approximate surface area is 136 Å². The molecule has 2 aromatic rings. The van der Waals surface area contributed by atoms with E-state index in [1.165, 1.54) is 0 Å². The minimum absolute atomic E-state index is 0. The third-order valence-electron chi connectivity index (χ3n) is 2.95. The summed E-state index contributed by atoms with van der Waals surface area (Å²) in [5.41, 5.74) is 2.10. The number of hydrogen-bond acceptors (Lipinski definition) is 3. The minimum Gasteiger partial charge on any atom is -1.00 e. The lowest BCUT2D eigenvalue weighted by Gasteiger charge is -2.13. The zero-order valence-electron chi connectivity index (χ0n) is 12.0. The van der Waals surface area contributed by atoms with Gasteiger partial charge in [-0.1, -0.05) is 35.9 Å². The average molecular weight is 327 g/mol. The van der Waals surface area contributed by atoms with Gasteiger partial charge in [-0.2, -0.15) is 0 Å². The van der Waals surface area contributed by atoms with Crippen LogP contribution in [0, 0.1) is 0 Å². The van der Waals surface area contributed by atoms with Crippen molar-refractivity contribution in [2.24, 2.45) is 0 Å². The van der Waals surface area contributed by atoms with Gasteiger partial charge in [-0.05, 0) is 30.8 Å². The van der Waals surface area contributed by atoms with E-state index in [2.05, 4.69) is 5.32 Å². The Balaban J connectivity index is 0.00000220. The Hall–Kier alpha value is -1.42. The third-order valence-corrected chi connectivity index (χ3v) is 3.32. The smallest absolute Gasteiger partial charge is 0.161 e. The normalized spacial score (nSPS) is 9.86. The van der Waals surface area contributed by atoms with Crippen molar-refractivity contribution in [3.8, 4) is 11.5 Å². The van der Waals surface area contributed by atoms with E-state index in [1.54, 1.807) is 7.11 Å². The van der Waals surface area contributed by atoms with Crippen LogP contribution in [0.5, 0.6) is 11.5 Å². The molecule has 0 saturated heterocycles. The summed E-state index contributed by atoms with van der Waals surface area (Å²) in [6.45, 7) is 1.21. The molecule has 0 amide bonds. The molecule has 0 heterocycles. The second-order valence-corrected chi connectivity index (χ2v) is 4.80. The van der Waals surface area contributed by atoms with Crippen LogP contribution in [0.4, 0.5) is 0 Å². The second-order valence-electron chi connectivity index (χ2n) is 4.40. The predicted molar refractivity (Wildman–Crippen MR) is 81.5 cm³/mol. The third kappa shape index (κ3) is 4.81. The first-order chi connectivity index (χ1) is 9.74. The van der Waals surface area contributed by atoms with Crippen molar-refractivity contribution in [3.05, 3.63) is 58.6 Å². The quantitative estimate of drug-likeness (QED) is 0.845. The Bertz CT molecular complexity index is 576. The number of ether oxygens (including phenoxy) is 2. The number of methoxy groups -OCH3 is 1. The van der Waals surface area contributed by atoms with Crippen molar-refractivity contribution >= 4 is 11.6 Å². The van der Waals surface area contributed by atoms with Crippen molar-refractivity contribution < 1.29 is 21.9 Å². The number of hydrogen-bond donors (Lipinski definition) is 1. The zero-order chi connectivity index (χ0) is 14.4. The van der Waals surface area contributed by atoms with Gasteiger partial charge in [0.25, 0.3) is 0 Å². The Kier molecular flexibility index (Phi) is 7.37. The lowest BCUT2D eigenvalue weighted by atomic mass is 10.2. The van der Waals surface area contributed by atoms with E-state index in [4.69, 9.17) is 21.1 Å². The Morgan fingerprint density at radius 3 is 2.52 bits per heavy atom. The fourth-order valence-electron chi connectivity index (χ4n) is 1.92. The summed E-state index contributed by atoms with van der Waals surface area (Å²) in [5, 5.41) is 3.81. The standard InChI is InChI=1S/C16H18ClNO2.ClH/c1-18-10-12-7-8-15(16(9-12)19-2)20-11-13-5-3-4-6-14(13)17;/h3-9,18H,10-11H2,1-2H3;1H/p-1. The first-order valence-electron chi connectivity index (χ1n) is 6.42. The number of benzene rings is 2. The monoisotopic (exact) mass is 326 g/mol. The summed E-state index contributed by atoms with van der Waals surface area (Å²) in [6, 6.07) is 13.6. The first-order valence-corrected chi connectivity index (χ1v) is 6.80. The van der Waals surface area contributed by atoms with Crippen molar-refractivity contribution in [1.82, 2.24) is 5.32 Å². The fourth-order valence-corrected chi connectivity index (χ4v) is 2.11. The summed E-state index contributed by atoms with van der Waals surface area (Å²) in [4.78, 5) is 0. The maximum Gasteiger partial charge on any atom is 0.161 e. The lowest BCUT2D eigenvalue weighted by molar-refractivity contribution is -0.00000460. The lowest BCUT2D eigenvalue weighted by Crippen LogP contribution is -3.00. The van der Waals surface area contributed by atoms with Crippen molar-refractivity contribution in [2.75, 3.05) is 14.2 Å². The van der Waals surface area contributed by atoms with Crippen LogP contribution in [0.3, 0.4) is 0 Å². The van der Waals surface area contributed by atoms with Gasteiger partial charge in [0.2, 0.25) is 0 Å². The van der Waals surface area contributed by atoms with Crippen LogP contribution in [0.1, 0.15) is 11.1 Å². The topological polar surface area (TPSA) is 30.5 Å². The number of nitrogens with one attached hydrogen (secondary N) is 1. The van der Waals surface area contributed by atoms with Crippen molar-refractivity contribution in [1.29, 1.82) is 0 Å². The highest BCUT2D eigenvalue weighted by atomic mass is 35.5. The Morgan fingerprint density at radius 2 is 1.86 bits per heavy atom. The highest BCUT2D eigenvalue weighted by Crippen LogP contribution is 2.29. The fraction of sp³-hybridized carbons (Fsp3) is 0.250. The van der Waals surface area contributed by atoms with Crippen LogP contribution < -0.4 is 27.2 Å². The molecular weight excluding hydrogens is 309 g/mol. The van der Waals surface area contributed by atoms with Gasteiger partial charge in [0.1, 0.15) is 6.61 Å². The SMILES string of the molecule is CNCc1ccc(OCc2ccccc2Cl)c(OC)c1.[Cl-]. The molecule has 0 fully saturated rings. The summed E-state index contributed by atoms with van der Waals surface area (Å²) in [6.07, 6.45) is 0. The van der Waals surface area contributed by atoms with Crippen LogP contribution in [-0.4, -0.2) is 14.2 Å². The van der Waals surface area contributed by atoms with Gasteiger partial charge in [0, 0.05) is 17.1 Å². The van der Waals surface area contributed by atoms with Crippen molar-refractivity contribution in [3.63, 3.8) is 0 Å². The van der Waals surface area contributed by atoms with Crippen LogP contribution in [-0.2, 0) is 13.2 Å². The van der Waals surface area contributed by atoms with Gasteiger partial charge >= 0.3 is 0 Å². The van der Waals surface area contributed by atoms with E-state index in [0.29, 0.717) is 17.4 Å². The molecule has 0 aliphatic heterocycles.